The van der Waals surface area contributed by atoms with Crippen molar-refractivity contribution in [2.75, 3.05) is 7.05 Å². The van der Waals surface area contributed by atoms with Crippen LogP contribution in [0.25, 0.3) is 0 Å². The number of hydrogen-bond acceptors (Lipinski definition) is 3. The maximum Gasteiger partial charge on any atom is 0.326 e. The Balaban J connectivity index is 2.62. The molecule has 0 saturated carbocycles. The number of rotatable bonds is 5. The second kappa shape index (κ2) is 6.88. The third-order valence-corrected chi connectivity index (χ3v) is 2.95. The van der Waals surface area contributed by atoms with Gasteiger partial charge in [0.05, 0.1) is 0 Å². The Bertz CT molecular complexity index is 471. The average Bonchev–Trinajstić information content (AvgIpc) is 2.37. The van der Waals surface area contributed by atoms with Crippen LogP contribution >= 0.6 is 0 Å². The van der Waals surface area contributed by atoms with Crippen LogP contribution in [-0.2, 0) is 11.3 Å². The molecule has 1 aromatic heterocycles. The van der Waals surface area contributed by atoms with Gasteiger partial charge in [0.15, 0.2) is 0 Å². The summed E-state index contributed by atoms with van der Waals surface area (Å²) in [6.45, 7) is 5.77. The summed E-state index contributed by atoms with van der Waals surface area (Å²) < 4.78 is 0. The number of pyridine rings is 1. The molecule has 0 aliphatic heterocycles. The van der Waals surface area contributed by atoms with E-state index in [-0.39, 0.29) is 5.92 Å². The van der Waals surface area contributed by atoms with E-state index in [1.54, 1.807) is 27.1 Å². The zero-order valence-corrected chi connectivity index (χ0v) is 12.3. The molecule has 0 spiro atoms. The number of carboxylic acids is 1. The fourth-order valence-corrected chi connectivity index (χ4v) is 1.69. The minimum Gasteiger partial charge on any atom is -0.480 e. The number of nitrogens with zero attached hydrogens (tertiary/aromatic N) is 2. The van der Waals surface area contributed by atoms with E-state index in [9.17, 15) is 9.59 Å². The molecule has 0 aliphatic rings. The summed E-state index contributed by atoms with van der Waals surface area (Å²) in [5.74, 6) is -1.20. The highest BCUT2D eigenvalue weighted by Crippen LogP contribution is 2.06. The van der Waals surface area contributed by atoms with Crippen molar-refractivity contribution in [2.24, 2.45) is 5.92 Å². The van der Waals surface area contributed by atoms with E-state index in [0.717, 1.165) is 11.3 Å². The van der Waals surface area contributed by atoms with Gasteiger partial charge in [-0.1, -0.05) is 19.9 Å². The molecule has 0 bridgehead atoms. The summed E-state index contributed by atoms with van der Waals surface area (Å²) in [6, 6.07) is 2.46. The van der Waals surface area contributed by atoms with Gasteiger partial charge < -0.3 is 15.3 Å². The molecular weight excluding hydrogens is 258 g/mol. The van der Waals surface area contributed by atoms with Crippen molar-refractivity contribution in [3.63, 3.8) is 0 Å². The summed E-state index contributed by atoms with van der Waals surface area (Å²) in [6.07, 6.45) is 1.70. The predicted octanol–water partition coefficient (Wildman–Crippen LogP) is 1.64. The molecule has 1 unspecified atom stereocenters. The number of nitrogens with one attached hydrogen (secondary N) is 1. The minimum atomic E-state index is -1.03. The zero-order valence-electron chi connectivity index (χ0n) is 12.3. The lowest BCUT2D eigenvalue weighted by molar-refractivity contribution is -0.140. The van der Waals surface area contributed by atoms with Crippen molar-refractivity contribution in [1.82, 2.24) is 15.2 Å². The first kappa shape index (κ1) is 15.9. The number of hydrogen-bond donors (Lipinski definition) is 2. The largest absolute Gasteiger partial charge is 0.480 e. The molecule has 20 heavy (non-hydrogen) atoms. The molecular formula is C14H21N3O3. The van der Waals surface area contributed by atoms with E-state index in [1.807, 2.05) is 19.1 Å². The molecule has 110 valence electrons. The number of carbonyl (C=O) groups excluding carboxylic acids is 1. The van der Waals surface area contributed by atoms with Crippen molar-refractivity contribution in [2.45, 2.75) is 33.4 Å². The zero-order chi connectivity index (χ0) is 15.3. The second-order valence-electron chi connectivity index (χ2n) is 5.17. The molecule has 0 aromatic carbocycles. The maximum atomic E-state index is 12.0. The summed E-state index contributed by atoms with van der Waals surface area (Å²) in [5.41, 5.74) is 1.80. The van der Waals surface area contributed by atoms with E-state index in [0.29, 0.717) is 6.54 Å². The Hall–Kier alpha value is -2.11. The third kappa shape index (κ3) is 4.53. The number of carboxylic acid groups (broad SMARTS) is 1. The van der Waals surface area contributed by atoms with E-state index < -0.39 is 18.0 Å². The molecule has 0 radical (unpaired) electrons. The number of aromatic nitrogens is 1. The van der Waals surface area contributed by atoms with Crippen LogP contribution in [0.1, 0.15) is 25.1 Å². The highest BCUT2D eigenvalue weighted by atomic mass is 16.4. The molecule has 6 nitrogen and oxygen atoms in total. The van der Waals surface area contributed by atoms with Crippen molar-refractivity contribution >= 4 is 12.0 Å². The fourth-order valence-electron chi connectivity index (χ4n) is 1.69. The van der Waals surface area contributed by atoms with Crippen molar-refractivity contribution in [3.8, 4) is 0 Å². The standard InChI is InChI=1S/C14H21N3O3/c1-9(2)12(13(18)19)16-14(20)17(4)8-11-6-5-10(3)15-7-11/h5-7,9,12H,8H2,1-4H3,(H,16,20)(H,18,19). The van der Waals surface area contributed by atoms with Crippen molar-refractivity contribution in [3.05, 3.63) is 29.6 Å². The van der Waals surface area contributed by atoms with Gasteiger partial charge in [-0.3, -0.25) is 4.98 Å². The van der Waals surface area contributed by atoms with Crippen molar-refractivity contribution < 1.29 is 14.7 Å². The van der Waals surface area contributed by atoms with E-state index in [2.05, 4.69) is 10.3 Å². The minimum absolute atomic E-state index is 0.175. The molecule has 2 N–H and O–H groups in total. The molecule has 0 fully saturated rings. The van der Waals surface area contributed by atoms with Gasteiger partial charge >= 0.3 is 12.0 Å². The summed E-state index contributed by atoms with van der Waals surface area (Å²) in [4.78, 5) is 28.6. The number of amides is 2. The SMILES string of the molecule is Cc1ccc(CN(C)C(=O)NC(C(=O)O)C(C)C)cn1. The lowest BCUT2D eigenvalue weighted by atomic mass is 10.1. The highest BCUT2D eigenvalue weighted by Gasteiger charge is 2.24. The number of carbonyl (C=O) groups is 2. The first-order valence-corrected chi connectivity index (χ1v) is 6.47. The molecule has 1 rings (SSSR count). The van der Waals surface area contributed by atoms with Gasteiger partial charge in [0, 0.05) is 25.5 Å². The van der Waals surface area contributed by atoms with Crippen LogP contribution in [0.3, 0.4) is 0 Å². The topological polar surface area (TPSA) is 82.5 Å². The van der Waals surface area contributed by atoms with Crippen LogP contribution in [0.2, 0.25) is 0 Å². The molecule has 0 aliphatic carbocycles. The first-order valence-electron chi connectivity index (χ1n) is 6.47. The lowest BCUT2D eigenvalue weighted by Gasteiger charge is -2.23. The lowest BCUT2D eigenvalue weighted by Crippen LogP contribution is -2.48. The van der Waals surface area contributed by atoms with Crippen LogP contribution < -0.4 is 5.32 Å². The van der Waals surface area contributed by atoms with Crippen LogP contribution in [0.5, 0.6) is 0 Å². The quantitative estimate of drug-likeness (QED) is 0.858. The van der Waals surface area contributed by atoms with E-state index in [4.69, 9.17) is 5.11 Å². The molecule has 1 aromatic rings. The monoisotopic (exact) mass is 279 g/mol. The van der Waals surface area contributed by atoms with Crippen LogP contribution in [-0.4, -0.2) is 40.1 Å². The number of urea groups is 1. The van der Waals surface area contributed by atoms with Crippen LogP contribution in [0.15, 0.2) is 18.3 Å². The Morgan fingerprint density at radius 3 is 2.50 bits per heavy atom. The van der Waals surface area contributed by atoms with Gasteiger partial charge in [-0.2, -0.15) is 0 Å². The smallest absolute Gasteiger partial charge is 0.326 e. The molecule has 6 heteroatoms. The summed E-state index contributed by atoms with van der Waals surface area (Å²) >= 11 is 0. The Labute approximate surface area is 118 Å². The Kier molecular flexibility index (Phi) is 5.49. The van der Waals surface area contributed by atoms with Gasteiger partial charge in [-0.15, -0.1) is 0 Å². The van der Waals surface area contributed by atoms with Gasteiger partial charge in [-0.25, -0.2) is 9.59 Å². The first-order chi connectivity index (χ1) is 9.31. The molecule has 1 heterocycles. The maximum absolute atomic E-state index is 12.0. The number of aryl methyl sites for hydroxylation is 1. The molecule has 0 saturated heterocycles. The van der Waals surface area contributed by atoms with Gasteiger partial charge in [-0.05, 0) is 24.5 Å². The highest BCUT2D eigenvalue weighted by molar-refractivity contribution is 5.82. The Morgan fingerprint density at radius 1 is 1.40 bits per heavy atom. The van der Waals surface area contributed by atoms with E-state index >= 15 is 0 Å². The van der Waals surface area contributed by atoms with Gasteiger partial charge in [0.1, 0.15) is 6.04 Å². The van der Waals surface area contributed by atoms with E-state index in [1.165, 1.54) is 4.90 Å². The van der Waals surface area contributed by atoms with Crippen LogP contribution in [0, 0.1) is 12.8 Å². The molecule has 1 atom stereocenters. The number of aliphatic carboxylic acids is 1. The normalized spacial score (nSPS) is 12.1. The second-order valence-corrected chi connectivity index (χ2v) is 5.17. The van der Waals surface area contributed by atoms with Gasteiger partial charge in [0.2, 0.25) is 0 Å². The average molecular weight is 279 g/mol. The third-order valence-electron chi connectivity index (χ3n) is 2.95. The molecule has 2 amide bonds. The van der Waals surface area contributed by atoms with Crippen LogP contribution in [0.4, 0.5) is 4.79 Å². The van der Waals surface area contributed by atoms with Crippen molar-refractivity contribution in [1.29, 1.82) is 0 Å². The fraction of sp³-hybridized carbons (Fsp3) is 0.500. The van der Waals surface area contributed by atoms with Gasteiger partial charge in [0.25, 0.3) is 0 Å². The summed E-state index contributed by atoms with van der Waals surface area (Å²) in [5, 5.41) is 11.6. The Morgan fingerprint density at radius 2 is 2.05 bits per heavy atom. The summed E-state index contributed by atoms with van der Waals surface area (Å²) in [7, 11) is 1.62. The predicted molar refractivity (Wildman–Crippen MR) is 75.2 cm³/mol.